The highest BCUT2D eigenvalue weighted by Crippen LogP contribution is 2.15. The number of amides is 1. The summed E-state index contributed by atoms with van der Waals surface area (Å²) in [6.07, 6.45) is 0.872. The highest BCUT2D eigenvalue weighted by molar-refractivity contribution is 7.17. The lowest BCUT2D eigenvalue weighted by atomic mass is 10.1. The minimum absolute atomic E-state index is 0.0385. The first kappa shape index (κ1) is 13.3. The molecule has 0 radical (unpaired) electrons. The van der Waals surface area contributed by atoms with E-state index in [1.165, 1.54) is 11.3 Å². The summed E-state index contributed by atoms with van der Waals surface area (Å²) in [6, 6.07) is 1.82. The second-order valence-electron chi connectivity index (χ2n) is 5.03. The molecule has 0 saturated carbocycles. The predicted octanol–water partition coefficient (Wildman–Crippen LogP) is 0.552. The van der Waals surface area contributed by atoms with Crippen molar-refractivity contribution in [1.82, 2.24) is 20.2 Å². The van der Waals surface area contributed by atoms with E-state index in [0.717, 1.165) is 19.5 Å². The zero-order chi connectivity index (χ0) is 14.1. The highest BCUT2D eigenvalue weighted by Gasteiger charge is 2.25. The van der Waals surface area contributed by atoms with Crippen molar-refractivity contribution in [2.45, 2.75) is 13.0 Å². The molecule has 1 saturated heterocycles. The van der Waals surface area contributed by atoms with Crippen molar-refractivity contribution < 1.29 is 4.79 Å². The van der Waals surface area contributed by atoms with Gasteiger partial charge in [0.15, 0.2) is 0 Å². The van der Waals surface area contributed by atoms with Crippen molar-refractivity contribution in [1.29, 1.82) is 0 Å². The molecule has 7 heteroatoms. The molecular weight excluding hydrogens is 276 g/mol. The molecule has 1 aliphatic heterocycles. The molecule has 1 unspecified atom stereocenters. The molecule has 0 spiro atoms. The molecule has 6 nitrogen and oxygen atoms in total. The van der Waals surface area contributed by atoms with Crippen LogP contribution in [0, 0.1) is 5.92 Å². The van der Waals surface area contributed by atoms with Crippen LogP contribution in [0.2, 0.25) is 0 Å². The largest absolute Gasteiger partial charge is 0.338 e. The van der Waals surface area contributed by atoms with Crippen LogP contribution in [-0.2, 0) is 11.3 Å². The summed E-state index contributed by atoms with van der Waals surface area (Å²) in [5.41, 5.74) is 0.556. The smallest absolute Gasteiger partial charge is 0.268 e. The number of aromatic nitrogens is 2. The Morgan fingerprint density at radius 2 is 2.45 bits per heavy atom. The van der Waals surface area contributed by atoms with Gasteiger partial charge < -0.3 is 15.2 Å². The number of nitrogens with one attached hydrogen (secondary N) is 2. The molecule has 20 heavy (non-hydrogen) atoms. The Labute approximate surface area is 119 Å². The molecule has 0 aromatic carbocycles. The first-order chi connectivity index (χ1) is 9.65. The van der Waals surface area contributed by atoms with Crippen LogP contribution in [0.5, 0.6) is 0 Å². The second-order valence-corrected chi connectivity index (χ2v) is 5.95. The van der Waals surface area contributed by atoms with Crippen LogP contribution in [0.4, 0.5) is 0 Å². The molecule has 2 N–H and O–H groups in total. The van der Waals surface area contributed by atoms with Crippen molar-refractivity contribution in [2.24, 2.45) is 5.92 Å². The molecule has 0 aliphatic carbocycles. The maximum absolute atomic E-state index is 12.2. The van der Waals surface area contributed by atoms with Crippen LogP contribution in [0.15, 0.2) is 16.2 Å². The summed E-state index contributed by atoms with van der Waals surface area (Å²) in [5.74, 6) is 0.669. The predicted molar refractivity (Wildman–Crippen MR) is 77.7 cm³/mol. The van der Waals surface area contributed by atoms with E-state index in [1.54, 1.807) is 11.9 Å². The van der Waals surface area contributed by atoms with E-state index >= 15 is 0 Å². The van der Waals surface area contributed by atoms with Crippen LogP contribution in [0.25, 0.3) is 10.2 Å². The Balaban J connectivity index is 1.78. The van der Waals surface area contributed by atoms with E-state index < -0.39 is 0 Å². The minimum atomic E-state index is -0.136. The molecule has 3 rings (SSSR count). The highest BCUT2D eigenvalue weighted by atomic mass is 32.1. The number of rotatable bonds is 3. The topological polar surface area (TPSA) is 78.1 Å². The van der Waals surface area contributed by atoms with Gasteiger partial charge in [-0.1, -0.05) is 0 Å². The van der Waals surface area contributed by atoms with Gasteiger partial charge in [-0.05, 0) is 24.4 Å². The van der Waals surface area contributed by atoms with Crippen LogP contribution >= 0.6 is 11.3 Å². The lowest BCUT2D eigenvalue weighted by Gasteiger charge is -2.19. The van der Waals surface area contributed by atoms with Gasteiger partial charge in [0.2, 0.25) is 5.91 Å². The third-order valence-electron chi connectivity index (χ3n) is 3.54. The van der Waals surface area contributed by atoms with E-state index in [4.69, 9.17) is 0 Å². The van der Waals surface area contributed by atoms with Crippen molar-refractivity contribution in [2.75, 3.05) is 20.1 Å². The van der Waals surface area contributed by atoms with Gasteiger partial charge in [-0.3, -0.25) is 9.59 Å². The van der Waals surface area contributed by atoms with E-state index in [0.29, 0.717) is 22.6 Å². The van der Waals surface area contributed by atoms with Crippen LogP contribution in [0.3, 0.4) is 0 Å². The van der Waals surface area contributed by atoms with Gasteiger partial charge in [-0.2, -0.15) is 0 Å². The summed E-state index contributed by atoms with van der Waals surface area (Å²) in [6.45, 7) is 1.95. The summed E-state index contributed by atoms with van der Waals surface area (Å²) < 4.78 is 0.628. The molecule has 1 aliphatic rings. The van der Waals surface area contributed by atoms with Crippen molar-refractivity contribution in [3.8, 4) is 0 Å². The van der Waals surface area contributed by atoms with Gasteiger partial charge in [-0.15, -0.1) is 11.3 Å². The third kappa shape index (κ3) is 2.46. The van der Waals surface area contributed by atoms with Gasteiger partial charge in [0.05, 0.1) is 18.0 Å². The number of aromatic amines is 1. The monoisotopic (exact) mass is 292 g/mol. The minimum Gasteiger partial charge on any atom is -0.338 e. The zero-order valence-corrected chi connectivity index (χ0v) is 12.0. The number of fused-ring (bicyclic) bond motifs is 1. The number of carbonyl (C=O) groups is 1. The Bertz CT molecular complexity index is 687. The lowest BCUT2D eigenvalue weighted by Crippen LogP contribution is -2.34. The Kier molecular flexibility index (Phi) is 3.54. The number of hydrogen-bond acceptors (Lipinski definition) is 5. The quantitative estimate of drug-likeness (QED) is 0.866. The average molecular weight is 292 g/mol. The fourth-order valence-corrected chi connectivity index (χ4v) is 3.20. The Morgan fingerprint density at radius 1 is 1.60 bits per heavy atom. The molecule has 1 fully saturated rings. The number of thiophene rings is 1. The Morgan fingerprint density at radius 3 is 3.20 bits per heavy atom. The molecule has 2 aromatic heterocycles. The van der Waals surface area contributed by atoms with Gasteiger partial charge in [0, 0.05) is 13.6 Å². The van der Waals surface area contributed by atoms with Crippen molar-refractivity contribution in [3.63, 3.8) is 0 Å². The molecule has 0 bridgehead atoms. The first-order valence-corrected chi connectivity index (χ1v) is 7.45. The molecule has 1 amide bonds. The summed E-state index contributed by atoms with van der Waals surface area (Å²) in [7, 11) is 1.75. The molecule has 1 atom stereocenters. The number of H-pyrrole nitrogens is 1. The van der Waals surface area contributed by atoms with E-state index in [-0.39, 0.29) is 17.4 Å². The van der Waals surface area contributed by atoms with Gasteiger partial charge >= 0.3 is 0 Å². The first-order valence-electron chi connectivity index (χ1n) is 6.57. The van der Waals surface area contributed by atoms with E-state index in [2.05, 4.69) is 15.3 Å². The maximum atomic E-state index is 12.2. The Hall–Kier alpha value is -1.73. The summed E-state index contributed by atoms with van der Waals surface area (Å²) >= 11 is 1.37. The number of carbonyl (C=O) groups excluding carboxylic acids is 1. The fourth-order valence-electron chi connectivity index (χ4n) is 2.48. The normalized spacial score (nSPS) is 18.6. The fraction of sp³-hybridized carbons (Fsp3) is 0.462. The van der Waals surface area contributed by atoms with E-state index in [9.17, 15) is 9.59 Å². The molecule has 3 heterocycles. The zero-order valence-electron chi connectivity index (χ0n) is 11.2. The standard InChI is InChI=1S/C13H16N4O2S/c1-17(13(19)8-2-4-14-6-8)7-10-15-9-3-5-20-11(9)12(18)16-10/h3,5,8,14H,2,4,6-7H2,1H3,(H,15,16,18). The number of hydrogen-bond donors (Lipinski definition) is 2. The van der Waals surface area contributed by atoms with Crippen LogP contribution in [0.1, 0.15) is 12.2 Å². The SMILES string of the molecule is CN(Cc1nc2ccsc2c(=O)[nH]1)C(=O)C1CCNC1. The number of nitrogens with zero attached hydrogens (tertiary/aromatic N) is 2. The third-order valence-corrected chi connectivity index (χ3v) is 4.44. The maximum Gasteiger partial charge on any atom is 0.268 e. The van der Waals surface area contributed by atoms with Gasteiger partial charge in [-0.25, -0.2) is 4.98 Å². The second kappa shape index (κ2) is 5.34. The van der Waals surface area contributed by atoms with E-state index in [1.807, 2.05) is 11.4 Å². The molecule has 106 valence electrons. The summed E-state index contributed by atoms with van der Waals surface area (Å²) in [5, 5.41) is 5.03. The lowest BCUT2D eigenvalue weighted by molar-refractivity contribution is -0.134. The molecular formula is C13H16N4O2S. The summed E-state index contributed by atoms with van der Waals surface area (Å²) in [4.78, 5) is 32.9. The van der Waals surface area contributed by atoms with Crippen LogP contribution < -0.4 is 10.9 Å². The van der Waals surface area contributed by atoms with Crippen LogP contribution in [-0.4, -0.2) is 40.9 Å². The van der Waals surface area contributed by atoms with Gasteiger partial charge in [0.1, 0.15) is 10.5 Å². The van der Waals surface area contributed by atoms with Crippen molar-refractivity contribution in [3.05, 3.63) is 27.6 Å². The average Bonchev–Trinajstić information content (AvgIpc) is 3.08. The van der Waals surface area contributed by atoms with Crippen molar-refractivity contribution >= 4 is 27.5 Å². The molecule has 2 aromatic rings. The van der Waals surface area contributed by atoms with Gasteiger partial charge in [0.25, 0.3) is 5.56 Å².